The SMILES string of the molecule is COc1ccc(C2(c3cccc(-c4cncnc4)c3)COC(N)=N2)cc1F.O=CO. The maximum absolute atomic E-state index is 14.4. The smallest absolute Gasteiger partial charge is 0.290 e. The van der Waals surface area contributed by atoms with E-state index in [-0.39, 0.29) is 24.9 Å². The number of hydrogen-bond donors (Lipinski definition) is 2. The Balaban J connectivity index is 0.000000806. The molecule has 0 spiro atoms. The molecule has 8 nitrogen and oxygen atoms in total. The number of halogens is 1. The molecular formula is C21H19FN4O4. The van der Waals surface area contributed by atoms with E-state index in [1.165, 1.54) is 19.5 Å². The lowest BCUT2D eigenvalue weighted by Gasteiger charge is -2.26. The monoisotopic (exact) mass is 410 g/mol. The Hall–Kier alpha value is -4.01. The van der Waals surface area contributed by atoms with Crippen LogP contribution < -0.4 is 10.5 Å². The molecule has 4 rings (SSSR count). The number of nitrogens with zero attached hydrogens (tertiary/aromatic N) is 3. The number of rotatable bonds is 4. The second-order valence-electron chi connectivity index (χ2n) is 6.26. The molecule has 1 aliphatic rings. The van der Waals surface area contributed by atoms with E-state index < -0.39 is 11.4 Å². The van der Waals surface area contributed by atoms with Gasteiger partial charge in [0.15, 0.2) is 17.1 Å². The van der Waals surface area contributed by atoms with Gasteiger partial charge in [0.1, 0.15) is 12.9 Å². The highest BCUT2D eigenvalue weighted by Crippen LogP contribution is 2.40. The zero-order valence-corrected chi connectivity index (χ0v) is 16.0. The van der Waals surface area contributed by atoms with Gasteiger partial charge in [0.25, 0.3) is 12.5 Å². The summed E-state index contributed by atoms with van der Waals surface area (Å²) in [5, 5.41) is 6.89. The van der Waals surface area contributed by atoms with Crippen molar-refractivity contribution in [2.75, 3.05) is 13.7 Å². The molecule has 0 amide bonds. The first-order valence-electron chi connectivity index (χ1n) is 8.80. The third-order valence-corrected chi connectivity index (χ3v) is 4.59. The number of carboxylic acid groups (broad SMARTS) is 1. The number of amidine groups is 1. The Kier molecular flexibility index (Phi) is 6.21. The van der Waals surface area contributed by atoms with Gasteiger partial charge < -0.3 is 20.3 Å². The van der Waals surface area contributed by atoms with E-state index in [4.69, 9.17) is 25.1 Å². The molecule has 0 bridgehead atoms. The summed E-state index contributed by atoms with van der Waals surface area (Å²) in [5.41, 5.74) is 8.12. The van der Waals surface area contributed by atoms with Crippen molar-refractivity contribution >= 4 is 12.5 Å². The van der Waals surface area contributed by atoms with E-state index in [0.717, 1.165) is 16.7 Å². The van der Waals surface area contributed by atoms with Gasteiger partial charge in [0, 0.05) is 18.0 Å². The highest BCUT2D eigenvalue weighted by atomic mass is 19.1. The number of carbonyl (C=O) groups is 1. The van der Waals surface area contributed by atoms with Crippen LogP contribution in [0.25, 0.3) is 11.1 Å². The number of benzene rings is 2. The van der Waals surface area contributed by atoms with Gasteiger partial charge in [-0.3, -0.25) is 4.79 Å². The number of aliphatic imine (C=N–C) groups is 1. The van der Waals surface area contributed by atoms with Crippen LogP contribution in [0.15, 0.2) is 66.2 Å². The average molecular weight is 410 g/mol. The average Bonchev–Trinajstić information content (AvgIpc) is 3.18. The van der Waals surface area contributed by atoms with Gasteiger partial charge >= 0.3 is 0 Å². The van der Waals surface area contributed by atoms with Gasteiger partial charge in [-0.15, -0.1) is 0 Å². The van der Waals surface area contributed by atoms with Crippen LogP contribution in [0.3, 0.4) is 0 Å². The van der Waals surface area contributed by atoms with Crippen molar-refractivity contribution in [1.82, 2.24) is 9.97 Å². The van der Waals surface area contributed by atoms with Crippen molar-refractivity contribution in [2.45, 2.75) is 5.54 Å². The molecule has 3 aromatic rings. The van der Waals surface area contributed by atoms with E-state index in [1.54, 1.807) is 24.5 Å². The molecule has 0 saturated heterocycles. The first-order valence-corrected chi connectivity index (χ1v) is 8.80. The van der Waals surface area contributed by atoms with E-state index >= 15 is 0 Å². The Labute approximate surface area is 171 Å². The molecule has 0 saturated carbocycles. The molecule has 1 atom stereocenters. The van der Waals surface area contributed by atoms with Crippen molar-refractivity contribution < 1.29 is 23.8 Å². The van der Waals surface area contributed by atoms with Crippen molar-refractivity contribution in [2.24, 2.45) is 10.7 Å². The minimum atomic E-state index is -0.942. The molecule has 2 aromatic carbocycles. The second kappa shape index (κ2) is 8.99. The van der Waals surface area contributed by atoms with Crippen LogP contribution >= 0.6 is 0 Å². The summed E-state index contributed by atoms with van der Waals surface area (Å²) in [6.45, 7) is -0.0701. The third kappa shape index (κ3) is 4.04. The van der Waals surface area contributed by atoms with Gasteiger partial charge in [0.05, 0.1) is 7.11 Å². The molecule has 3 N–H and O–H groups in total. The fraction of sp³-hybridized carbons (Fsp3) is 0.143. The lowest BCUT2D eigenvalue weighted by Crippen LogP contribution is -2.27. The predicted octanol–water partition coefficient (Wildman–Crippen LogP) is 2.58. The highest BCUT2D eigenvalue weighted by Gasteiger charge is 2.40. The summed E-state index contributed by atoms with van der Waals surface area (Å²) >= 11 is 0. The molecule has 154 valence electrons. The predicted molar refractivity (Wildman–Crippen MR) is 107 cm³/mol. The number of hydrogen-bond acceptors (Lipinski definition) is 7. The van der Waals surface area contributed by atoms with Crippen molar-refractivity contribution in [3.05, 3.63) is 78.1 Å². The number of methoxy groups -OCH3 is 1. The van der Waals surface area contributed by atoms with E-state index in [1.807, 2.05) is 24.3 Å². The second-order valence-corrected chi connectivity index (χ2v) is 6.26. The maximum atomic E-state index is 14.4. The number of aromatic nitrogens is 2. The molecule has 0 aliphatic carbocycles. The minimum Gasteiger partial charge on any atom is -0.494 e. The lowest BCUT2D eigenvalue weighted by atomic mass is 9.83. The molecule has 1 aliphatic heterocycles. The van der Waals surface area contributed by atoms with Gasteiger partial charge in [-0.05, 0) is 34.9 Å². The first kappa shape index (κ1) is 20.7. The van der Waals surface area contributed by atoms with Crippen molar-refractivity contribution in [1.29, 1.82) is 0 Å². The summed E-state index contributed by atoms with van der Waals surface area (Å²) in [4.78, 5) is 21.0. The number of nitrogens with two attached hydrogens (primary N) is 1. The van der Waals surface area contributed by atoms with Crippen LogP contribution in [-0.4, -0.2) is 41.3 Å². The van der Waals surface area contributed by atoms with Crippen LogP contribution in [0.2, 0.25) is 0 Å². The topological polar surface area (TPSA) is 120 Å². The minimum absolute atomic E-state index is 0.0691. The molecule has 2 heterocycles. The first-order chi connectivity index (χ1) is 14.5. The van der Waals surface area contributed by atoms with Gasteiger partial charge in [-0.2, -0.15) is 0 Å². The van der Waals surface area contributed by atoms with E-state index in [2.05, 4.69) is 15.0 Å². The largest absolute Gasteiger partial charge is 0.494 e. The Morgan fingerprint density at radius 2 is 1.87 bits per heavy atom. The standard InChI is InChI=1S/C20H17FN4O2.CH2O2/c1-26-18-6-5-16(8-17(18)21)20(11-27-19(22)25-20)15-4-2-3-13(7-15)14-9-23-12-24-10-14;2-1-3/h2-10,12H,11H2,1H3,(H2,22,25);1H,(H,2,3). The fourth-order valence-electron chi connectivity index (χ4n) is 3.22. The van der Waals surface area contributed by atoms with Gasteiger partial charge in [-0.1, -0.05) is 24.3 Å². The summed E-state index contributed by atoms with van der Waals surface area (Å²) in [6, 6.07) is 12.6. The normalized spacial score (nSPS) is 17.2. The zero-order chi connectivity index (χ0) is 21.6. The van der Waals surface area contributed by atoms with Crippen LogP contribution in [0.4, 0.5) is 4.39 Å². The van der Waals surface area contributed by atoms with Crippen molar-refractivity contribution in [3.8, 4) is 16.9 Å². The summed E-state index contributed by atoms with van der Waals surface area (Å²) in [6.07, 6.45) is 4.94. The fourth-order valence-corrected chi connectivity index (χ4v) is 3.22. The Morgan fingerprint density at radius 3 is 2.47 bits per heavy atom. The molecule has 1 aromatic heterocycles. The number of ether oxygens (including phenoxy) is 2. The maximum Gasteiger partial charge on any atom is 0.290 e. The molecule has 9 heteroatoms. The van der Waals surface area contributed by atoms with Gasteiger partial charge in [-0.25, -0.2) is 19.4 Å². The third-order valence-electron chi connectivity index (χ3n) is 4.59. The van der Waals surface area contributed by atoms with Crippen LogP contribution in [-0.2, 0) is 15.1 Å². The molecule has 1 unspecified atom stereocenters. The summed E-state index contributed by atoms with van der Waals surface area (Å²) in [7, 11) is 1.42. The summed E-state index contributed by atoms with van der Waals surface area (Å²) < 4.78 is 24.9. The van der Waals surface area contributed by atoms with Crippen molar-refractivity contribution in [3.63, 3.8) is 0 Å². The van der Waals surface area contributed by atoms with Crippen LogP contribution in [0, 0.1) is 5.82 Å². The van der Waals surface area contributed by atoms with Crippen LogP contribution in [0.5, 0.6) is 5.75 Å². The van der Waals surface area contributed by atoms with Gasteiger partial charge in [0.2, 0.25) is 0 Å². The molecule has 0 radical (unpaired) electrons. The summed E-state index contributed by atoms with van der Waals surface area (Å²) in [5.74, 6) is -0.303. The van der Waals surface area contributed by atoms with E-state index in [0.29, 0.717) is 5.56 Å². The quantitative estimate of drug-likeness (QED) is 0.634. The lowest BCUT2D eigenvalue weighted by molar-refractivity contribution is -0.122. The molecule has 0 fully saturated rings. The molecule has 30 heavy (non-hydrogen) atoms. The molecular weight excluding hydrogens is 391 g/mol. The zero-order valence-electron chi connectivity index (χ0n) is 16.0. The Morgan fingerprint density at radius 1 is 1.17 bits per heavy atom. The van der Waals surface area contributed by atoms with E-state index in [9.17, 15) is 4.39 Å². The van der Waals surface area contributed by atoms with Crippen LogP contribution in [0.1, 0.15) is 11.1 Å². The highest BCUT2D eigenvalue weighted by molar-refractivity contribution is 5.75. The Bertz CT molecular complexity index is 1060.